The van der Waals surface area contributed by atoms with Crippen molar-refractivity contribution in [1.82, 2.24) is 4.57 Å². The van der Waals surface area contributed by atoms with Crippen LogP contribution in [0.3, 0.4) is 0 Å². The van der Waals surface area contributed by atoms with Crippen LogP contribution < -0.4 is 4.90 Å². The largest absolute Gasteiger partial charge is 0.310 e. The summed E-state index contributed by atoms with van der Waals surface area (Å²) in [5.41, 5.74) is 17.6. The third-order valence-corrected chi connectivity index (χ3v) is 14.7. The van der Waals surface area contributed by atoms with Crippen LogP contribution in [0.1, 0.15) is 16.0 Å². The van der Waals surface area contributed by atoms with Crippen LogP contribution in [0.4, 0.5) is 17.1 Å². The second kappa shape index (κ2) is 17.4. The molecule has 0 spiro atoms. The number of thiophene rings is 1. The lowest BCUT2D eigenvalue weighted by Crippen LogP contribution is -2.10. The molecule has 12 aromatic rings. The second-order valence-electron chi connectivity index (χ2n) is 17.3. The van der Waals surface area contributed by atoms with E-state index in [1.807, 2.05) is 17.4 Å². The number of para-hydroxylation sites is 2. The molecule has 0 fully saturated rings. The number of hydrogen-bond donors (Lipinski definition) is 0. The number of nitrogens with zero attached hydrogens (tertiary/aromatic N) is 2. The van der Waals surface area contributed by atoms with Gasteiger partial charge in [-0.25, -0.2) is 0 Å². The van der Waals surface area contributed by atoms with Crippen molar-refractivity contribution in [3.8, 4) is 39.1 Å². The van der Waals surface area contributed by atoms with Crippen molar-refractivity contribution in [2.75, 3.05) is 4.90 Å². The van der Waals surface area contributed by atoms with Crippen molar-refractivity contribution < 1.29 is 0 Å². The summed E-state index contributed by atoms with van der Waals surface area (Å²) in [5.74, 6) is 0. The van der Waals surface area contributed by atoms with E-state index in [0.717, 1.165) is 28.3 Å². The predicted molar refractivity (Wildman–Crippen MR) is 293 cm³/mol. The first-order valence-corrected chi connectivity index (χ1v) is 24.0. The van der Waals surface area contributed by atoms with E-state index in [0.29, 0.717) is 0 Å². The van der Waals surface area contributed by atoms with Crippen molar-refractivity contribution in [3.63, 3.8) is 0 Å². The SMILES string of the molecule is C=C/C=C(/c1ccc(N(c2ccc(-c3ccc(-c4ccccc4)cc3)cc2)c2ccc(-c3ccc4c(c3)c3ccccc3n4-c3ccccc3)c3ccccc23)cc1)c1sc2ccccc2c1C. The molecule has 2 heterocycles. The van der Waals surface area contributed by atoms with Gasteiger partial charge in [-0.3, -0.25) is 0 Å². The van der Waals surface area contributed by atoms with Crippen LogP contribution in [-0.4, -0.2) is 4.57 Å². The smallest absolute Gasteiger partial charge is 0.0541 e. The van der Waals surface area contributed by atoms with Crippen LogP contribution in [-0.2, 0) is 0 Å². The van der Waals surface area contributed by atoms with E-state index >= 15 is 0 Å². The monoisotopic (exact) mass is 886 g/mol. The second-order valence-corrected chi connectivity index (χ2v) is 18.4. The van der Waals surface area contributed by atoms with Crippen molar-refractivity contribution in [2.45, 2.75) is 6.92 Å². The Bertz CT molecular complexity index is 3840. The Labute approximate surface area is 401 Å². The number of anilines is 3. The Kier molecular flexibility index (Phi) is 10.5. The summed E-state index contributed by atoms with van der Waals surface area (Å²) in [7, 11) is 0. The lowest BCUT2D eigenvalue weighted by molar-refractivity contribution is 1.18. The minimum atomic E-state index is 1.08. The molecule has 0 atom stereocenters. The van der Waals surface area contributed by atoms with Gasteiger partial charge in [0.1, 0.15) is 0 Å². The minimum absolute atomic E-state index is 1.08. The zero-order chi connectivity index (χ0) is 45.6. The molecule has 0 radical (unpaired) electrons. The van der Waals surface area contributed by atoms with Gasteiger partial charge in [0.05, 0.1) is 16.7 Å². The van der Waals surface area contributed by atoms with Crippen LogP contribution in [0.2, 0.25) is 0 Å². The van der Waals surface area contributed by atoms with Gasteiger partial charge in [0.2, 0.25) is 0 Å². The van der Waals surface area contributed by atoms with E-state index < -0.39 is 0 Å². The molecule has 68 heavy (non-hydrogen) atoms. The molecule has 2 nitrogen and oxygen atoms in total. The maximum absolute atomic E-state index is 4.13. The van der Waals surface area contributed by atoms with Crippen LogP contribution in [0.5, 0.6) is 0 Å². The van der Waals surface area contributed by atoms with Crippen molar-refractivity contribution in [1.29, 1.82) is 0 Å². The maximum Gasteiger partial charge on any atom is 0.0541 e. The average molecular weight is 887 g/mol. The van der Waals surface area contributed by atoms with Gasteiger partial charge >= 0.3 is 0 Å². The Morgan fingerprint density at radius 3 is 1.66 bits per heavy atom. The molecule has 322 valence electrons. The quantitative estimate of drug-likeness (QED) is 0.124. The number of hydrogen-bond acceptors (Lipinski definition) is 2. The Balaban J connectivity index is 0.976. The Morgan fingerprint density at radius 2 is 0.985 bits per heavy atom. The van der Waals surface area contributed by atoms with Gasteiger partial charge in [-0.2, -0.15) is 0 Å². The highest BCUT2D eigenvalue weighted by Crippen LogP contribution is 2.45. The number of aromatic nitrogens is 1. The Morgan fingerprint density at radius 1 is 0.456 bits per heavy atom. The molecule has 0 saturated heterocycles. The molecule has 0 amide bonds. The molecule has 10 aromatic carbocycles. The van der Waals surface area contributed by atoms with E-state index in [1.165, 1.54) is 92.1 Å². The van der Waals surface area contributed by atoms with Gasteiger partial charge in [0.25, 0.3) is 0 Å². The number of rotatable bonds is 10. The molecule has 0 N–H and O–H groups in total. The molecule has 2 aromatic heterocycles. The van der Waals surface area contributed by atoms with Crippen LogP contribution in [0.25, 0.3) is 87.3 Å². The molecule has 0 saturated carbocycles. The van der Waals surface area contributed by atoms with Crippen LogP contribution in [0.15, 0.2) is 255 Å². The highest BCUT2D eigenvalue weighted by molar-refractivity contribution is 7.20. The third kappa shape index (κ3) is 7.22. The van der Waals surface area contributed by atoms with E-state index in [9.17, 15) is 0 Å². The molecular formula is C65H46N2S. The van der Waals surface area contributed by atoms with E-state index in [4.69, 9.17) is 0 Å². The zero-order valence-electron chi connectivity index (χ0n) is 37.7. The van der Waals surface area contributed by atoms with Crippen molar-refractivity contribution >= 4 is 76.6 Å². The highest BCUT2D eigenvalue weighted by atomic mass is 32.1. The molecular weight excluding hydrogens is 841 g/mol. The molecule has 0 aliphatic carbocycles. The average Bonchev–Trinajstić information content (AvgIpc) is 3.92. The lowest BCUT2D eigenvalue weighted by Gasteiger charge is -2.28. The third-order valence-electron chi connectivity index (χ3n) is 13.4. The molecule has 0 aliphatic heterocycles. The van der Waals surface area contributed by atoms with E-state index in [2.05, 4.69) is 266 Å². The van der Waals surface area contributed by atoms with Gasteiger partial charge in [-0.1, -0.05) is 189 Å². The van der Waals surface area contributed by atoms with Gasteiger partial charge in [-0.05, 0) is 135 Å². The number of benzene rings is 10. The van der Waals surface area contributed by atoms with Crippen LogP contribution in [0, 0.1) is 6.92 Å². The summed E-state index contributed by atoms with van der Waals surface area (Å²) in [6, 6.07) is 86.1. The zero-order valence-corrected chi connectivity index (χ0v) is 38.5. The summed E-state index contributed by atoms with van der Waals surface area (Å²) in [4.78, 5) is 3.68. The summed E-state index contributed by atoms with van der Waals surface area (Å²) in [6.45, 7) is 6.36. The number of allylic oxidation sites excluding steroid dienone is 2. The first-order valence-electron chi connectivity index (χ1n) is 23.2. The minimum Gasteiger partial charge on any atom is -0.310 e. The van der Waals surface area contributed by atoms with Crippen molar-refractivity contribution in [2.24, 2.45) is 0 Å². The molecule has 0 unspecified atom stereocenters. The molecule has 12 rings (SSSR count). The maximum atomic E-state index is 4.13. The summed E-state index contributed by atoms with van der Waals surface area (Å²) >= 11 is 1.84. The molecule has 0 bridgehead atoms. The highest BCUT2D eigenvalue weighted by Gasteiger charge is 2.21. The van der Waals surface area contributed by atoms with Gasteiger partial charge < -0.3 is 9.47 Å². The topological polar surface area (TPSA) is 8.17 Å². The fraction of sp³-hybridized carbons (Fsp3) is 0.0154. The Hall–Kier alpha value is -8.50. The van der Waals surface area contributed by atoms with E-state index in [-0.39, 0.29) is 0 Å². The number of aryl methyl sites for hydroxylation is 1. The molecule has 3 heteroatoms. The summed E-state index contributed by atoms with van der Waals surface area (Å²) in [6.07, 6.45) is 4.06. The van der Waals surface area contributed by atoms with Gasteiger partial charge in [0.15, 0.2) is 0 Å². The number of fused-ring (bicyclic) bond motifs is 5. The van der Waals surface area contributed by atoms with Gasteiger partial charge in [0, 0.05) is 42.8 Å². The predicted octanol–water partition coefficient (Wildman–Crippen LogP) is 18.5. The van der Waals surface area contributed by atoms with Gasteiger partial charge in [-0.15, -0.1) is 11.3 Å². The fourth-order valence-electron chi connectivity index (χ4n) is 10.1. The van der Waals surface area contributed by atoms with Crippen molar-refractivity contribution in [3.05, 3.63) is 271 Å². The first-order chi connectivity index (χ1) is 33.6. The lowest BCUT2D eigenvalue weighted by atomic mass is 9.95. The first kappa shape index (κ1) is 41.0. The standard InChI is InChI=1S/C65H46N2S/c1-3-16-56(65-44(2)54-21-13-15-26-64(54)68-65)49-33-38-53(39-34-49)66(52-36-31-48(32-37-52)47-29-27-46(28-30-47)45-17-6-4-7-18-45)62-42-40-55(57-22-10-11-23-58(57)62)50-35-41-63-60(43-50)59-24-12-14-25-61(59)67(63)51-19-8-5-9-20-51/h3-43H,1H2,2H3/b56-16-. The summed E-state index contributed by atoms with van der Waals surface area (Å²) < 4.78 is 3.67. The normalized spacial score (nSPS) is 11.8. The van der Waals surface area contributed by atoms with Crippen LogP contribution >= 0.6 is 11.3 Å². The fourth-order valence-corrected chi connectivity index (χ4v) is 11.3. The summed E-state index contributed by atoms with van der Waals surface area (Å²) in [5, 5.41) is 6.16. The van der Waals surface area contributed by atoms with E-state index in [1.54, 1.807) is 0 Å². The molecule has 0 aliphatic rings.